The summed E-state index contributed by atoms with van der Waals surface area (Å²) in [4.78, 5) is 0. The Morgan fingerprint density at radius 1 is 1.16 bits per heavy atom. The van der Waals surface area contributed by atoms with Gasteiger partial charge < -0.3 is 5.32 Å². The number of benzene rings is 2. The molecule has 2 aromatic carbocycles. The van der Waals surface area contributed by atoms with Crippen LogP contribution in [0.2, 0.25) is 0 Å². The van der Waals surface area contributed by atoms with E-state index in [4.69, 9.17) is 0 Å². The summed E-state index contributed by atoms with van der Waals surface area (Å²) in [5.41, 5.74) is 5.67. The minimum atomic E-state index is -0.152. The molecular weight excluding hydrogens is 261 g/mol. The number of nitrogens with one attached hydrogen (secondary N) is 1. The van der Waals surface area contributed by atoms with Gasteiger partial charge in [0.2, 0.25) is 0 Å². The van der Waals surface area contributed by atoms with E-state index >= 15 is 0 Å². The summed E-state index contributed by atoms with van der Waals surface area (Å²) in [5.74, 6) is -0.152. The van der Waals surface area contributed by atoms with Crippen molar-refractivity contribution >= 4 is 12.4 Å². The van der Waals surface area contributed by atoms with E-state index < -0.39 is 0 Å². The Morgan fingerprint density at radius 3 is 2.74 bits per heavy atom. The Morgan fingerprint density at radius 2 is 1.95 bits per heavy atom. The number of hydrogen-bond donors (Lipinski definition) is 1. The second-order valence-electron chi connectivity index (χ2n) is 4.84. The standard InChI is InChI=1S/C16H16FN.ClH/c1-11-8-12(15-4-2-3-5-16(15)17)9-13-10-18-7-6-14(11)13;/h2-5,8-9,18H,6-7,10H2,1H3;1H. The Labute approximate surface area is 119 Å². The Balaban J connectivity index is 0.00000133. The molecule has 100 valence electrons. The summed E-state index contributed by atoms with van der Waals surface area (Å²) in [6.45, 7) is 4.04. The van der Waals surface area contributed by atoms with E-state index in [2.05, 4.69) is 24.4 Å². The Hall–Kier alpha value is -1.38. The maximum Gasteiger partial charge on any atom is 0.131 e. The van der Waals surface area contributed by atoms with Gasteiger partial charge in [-0.05, 0) is 54.3 Å². The second kappa shape index (κ2) is 5.72. The fourth-order valence-electron chi connectivity index (χ4n) is 2.69. The van der Waals surface area contributed by atoms with E-state index in [0.717, 1.165) is 25.1 Å². The summed E-state index contributed by atoms with van der Waals surface area (Å²) in [6.07, 6.45) is 1.07. The normalized spacial score (nSPS) is 13.6. The smallest absolute Gasteiger partial charge is 0.131 e. The molecule has 0 aromatic heterocycles. The van der Waals surface area contributed by atoms with Crippen LogP contribution in [-0.4, -0.2) is 6.54 Å². The maximum atomic E-state index is 13.8. The lowest BCUT2D eigenvalue weighted by atomic mass is 9.91. The molecule has 0 fully saturated rings. The highest BCUT2D eigenvalue weighted by molar-refractivity contribution is 5.85. The summed E-state index contributed by atoms with van der Waals surface area (Å²) in [6, 6.07) is 11.2. The van der Waals surface area contributed by atoms with Crippen molar-refractivity contribution in [1.29, 1.82) is 0 Å². The van der Waals surface area contributed by atoms with Gasteiger partial charge in [-0.25, -0.2) is 4.39 Å². The molecule has 2 aromatic rings. The van der Waals surface area contributed by atoms with E-state index in [9.17, 15) is 4.39 Å². The largest absolute Gasteiger partial charge is 0.312 e. The van der Waals surface area contributed by atoms with Crippen molar-refractivity contribution in [2.24, 2.45) is 0 Å². The first-order chi connectivity index (χ1) is 8.75. The first-order valence-electron chi connectivity index (χ1n) is 6.34. The molecule has 19 heavy (non-hydrogen) atoms. The SMILES string of the molecule is Cc1cc(-c2ccccc2F)cc2c1CCNC2.Cl. The third-order valence-electron chi connectivity index (χ3n) is 3.62. The van der Waals surface area contributed by atoms with Crippen molar-refractivity contribution in [2.45, 2.75) is 19.9 Å². The van der Waals surface area contributed by atoms with Crippen LogP contribution in [0, 0.1) is 12.7 Å². The first-order valence-corrected chi connectivity index (χ1v) is 6.34. The van der Waals surface area contributed by atoms with E-state index in [1.807, 2.05) is 12.1 Å². The van der Waals surface area contributed by atoms with Gasteiger partial charge in [0, 0.05) is 12.1 Å². The maximum absolute atomic E-state index is 13.8. The number of aryl methyl sites for hydroxylation is 1. The molecule has 0 atom stereocenters. The molecule has 0 saturated heterocycles. The highest BCUT2D eigenvalue weighted by atomic mass is 35.5. The van der Waals surface area contributed by atoms with Crippen molar-refractivity contribution in [2.75, 3.05) is 6.54 Å². The van der Waals surface area contributed by atoms with Crippen molar-refractivity contribution in [3.05, 3.63) is 58.9 Å². The highest BCUT2D eigenvalue weighted by Gasteiger charge is 2.14. The van der Waals surface area contributed by atoms with Gasteiger partial charge in [0.25, 0.3) is 0 Å². The van der Waals surface area contributed by atoms with Gasteiger partial charge in [-0.1, -0.05) is 24.3 Å². The molecule has 0 saturated carbocycles. The zero-order valence-electron chi connectivity index (χ0n) is 10.9. The number of hydrogen-bond acceptors (Lipinski definition) is 1. The zero-order chi connectivity index (χ0) is 12.5. The van der Waals surface area contributed by atoms with Crippen molar-refractivity contribution in [3.8, 4) is 11.1 Å². The average Bonchev–Trinajstić information content (AvgIpc) is 2.39. The fourth-order valence-corrected chi connectivity index (χ4v) is 2.69. The quantitative estimate of drug-likeness (QED) is 0.834. The minimum Gasteiger partial charge on any atom is -0.312 e. The summed E-state index contributed by atoms with van der Waals surface area (Å²) in [7, 11) is 0. The van der Waals surface area contributed by atoms with E-state index in [0.29, 0.717) is 5.56 Å². The van der Waals surface area contributed by atoms with Gasteiger partial charge in [-0.2, -0.15) is 0 Å². The van der Waals surface area contributed by atoms with E-state index in [1.54, 1.807) is 6.07 Å². The molecule has 0 radical (unpaired) electrons. The average molecular weight is 278 g/mol. The number of halogens is 2. The van der Waals surface area contributed by atoms with Crippen LogP contribution in [0.5, 0.6) is 0 Å². The summed E-state index contributed by atoms with van der Waals surface area (Å²) in [5, 5.41) is 3.37. The van der Waals surface area contributed by atoms with Crippen molar-refractivity contribution < 1.29 is 4.39 Å². The van der Waals surface area contributed by atoms with Crippen molar-refractivity contribution in [1.82, 2.24) is 5.32 Å². The van der Waals surface area contributed by atoms with Gasteiger partial charge >= 0.3 is 0 Å². The number of fused-ring (bicyclic) bond motifs is 1. The topological polar surface area (TPSA) is 12.0 Å². The molecule has 1 heterocycles. The van der Waals surface area contributed by atoms with Gasteiger partial charge in [0.15, 0.2) is 0 Å². The highest BCUT2D eigenvalue weighted by Crippen LogP contribution is 2.28. The molecule has 1 aliphatic rings. The third kappa shape index (κ3) is 2.65. The monoisotopic (exact) mass is 277 g/mol. The van der Waals surface area contributed by atoms with E-state index in [1.165, 1.54) is 22.8 Å². The predicted molar refractivity (Wildman–Crippen MR) is 79.2 cm³/mol. The van der Waals surface area contributed by atoms with Gasteiger partial charge in [0.05, 0.1) is 0 Å². The predicted octanol–water partition coefficient (Wildman–Crippen LogP) is 3.87. The Bertz CT molecular complexity index is 595. The third-order valence-corrected chi connectivity index (χ3v) is 3.62. The van der Waals surface area contributed by atoms with Gasteiger partial charge in [-0.3, -0.25) is 0 Å². The lowest BCUT2D eigenvalue weighted by Crippen LogP contribution is -2.24. The summed E-state index contributed by atoms with van der Waals surface area (Å²) < 4.78 is 13.8. The van der Waals surface area contributed by atoms with Gasteiger partial charge in [0.1, 0.15) is 5.82 Å². The first kappa shape index (κ1) is 14.0. The molecule has 0 unspecified atom stereocenters. The Kier molecular flexibility index (Phi) is 4.23. The van der Waals surface area contributed by atoms with Crippen molar-refractivity contribution in [3.63, 3.8) is 0 Å². The molecule has 1 nitrogen and oxygen atoms in total. The van der Waals surface area contributed by atoms with Gasteiger partial charge in [-0.15, -0.1) is 12.4 Å². The van der Waals surface area contributed by atoms with E-state index in [-0.39, 0.29) is 18.2 Å². The van der Waals surface area contributed by atoms with Crippen LogP contribution in [0.1, 0.15) is 16.7 Å². The molecular formula is C16H17ClFN. The summed E-state index contributed by atoms with van der Waals surface area (Å²) >= 11 is 0. The number of rotatable bonds is 1. The zero-order valence-corrected chi connectivity index (χ0v) is 11.7. The molecule has 0 spiro atoms. The second-order valence-corrected chi connectivity index (χ2v) is 4.84. The minimum absolute atomic E-state index is 0. The molecule has 0 aliphatic carbocycles. The van der Waals surface area contributed by atoms with Crippen LogP contribution in [0.4, 0.5) is 4.39 Å². The molecule has 3 rings (SSSR count). The van der Waals surface area contributed by atoms with Crippen LogP contribution in [0.3, 0.4) is 0 Å². The van der Waals surface area contributed by atoms with Crippen LogP contribution < -0.4 is 5.32 Å². The fraction of sp³-hybridized carbons (Fsp3) is 0.250. The van der Waals surface area contributed by atoms with Crippen LogP contribution in [0.25, 0.3) is 11.1 Å². The lowest BCUT2D eigenvalue weighted by Gasteiger charge is -2.20. The molecule has 1 aliphatic heterocycles. The lowest BCUT2D eigenvalue weighted by molar-refractivity contribution is 0.630. The molecule has 0 bridgehead atoms. The molecule has 3 heteroatoms. The molecule has 1 N–H and O–H groups in total. The van der Waals surface area contributed by atoms with Crippen LogP contribution >= 0.6 is 12.4 Å². The van der Waals surface area contributed by atoms with Crippen LogP contribution in [-0.2, 0) is 13.0 Å². The van der Waals surface area contributed by atoms with Crippen LogP contribution in [0.15, 0.2) is 36.4 Å². The molecule has 0 amide bonds.